The Kier molecular flexibility index (Phi) is 3.66. The van der Waals surface area contributed by atoms with Crippen LogP contribution in [0.4, 0.5) is 0 Å². The molecule has 0 aromatic carbocycles. The molecule has 0 aliphatic heterocycles. The summed E-state index contributed by atoms with van der Waals surface area (Å²) in [6, 6.07) is 0. The van der Waals surface area contributed by atoms with Crippen LogP contribution in [0.1, 0.15) is 13.8 Å². The average molecular weight is 214 g/mol. The van der Waals surface area contributed by atoms with E-state index in [-0.39, 0.29) is 5.54 Å². The Hall–Kier alpha value is -0.423. The Morgan fingerprint density at radius 1 is 1.07 bits per heavy atom. The molecule has 1 rings (SSSR count). The molecule has 0 fully saturated rings. The monoisotopic (exact) mass is 214 g/mol. The van der Waals surface area contributed by atoms with Gasteiger partial charge in [0, 0.05) is 21.3 Å². The summed E-state index contributed by atoms with van der Waals surface area (Å²) in [7, 11) is 2.41. The minimum Gasteiger partial charge on any atom is -0.376 e. The van der Waals surface area contributed by atoms with E-state index in [1.54, 1.807) is 21.3 Å². The molecular formula is C10H18O3Si. The highest BCUT2D eigenvalue weighted by molar-refractivity contribution is 6.63. The van der Waals surface area contributed by atoms with Crippen molar-refractivity contribution >= 4 is 8.80 Å². The highest BCUT2D eigenvalue weighted by Gasteiger charge is 2.48. The maximum absolute atomic E-state index is 5.45. The van der Waals surface area contributed by atoms with E-state index in [4.69, 9.17) is 13.3 Å². The molecule has 0 amide bonds. The van der Waals surface area contributed by atoms with E-state index < -0.39 is 8.80 Å². The minimum absolute atomic E-state index is 0.169. The van der Waals surface area contributed by atoms with Crippen LogP contribution in [0.3, 0.4) is 0 Å². The van der Waals surface area contributed by atoms with Crippen LogP contribution >= 0.6 is 0 Å². The molecule has 0 saturated carbocycles. The van der Waals surface area contributed by atoms with Gasteiger partial charge in [-0.1, -0.05) is 23.3 Å². The lowest BCUT2D eigenvalue weighted by atomic mass is 10.3. The van der Waals surface area contributed by atoms with Crippen LogP contribution in [-0.4, -0.2) is 30.1 Å². The Labute approximate surface area is 86.7 Å². The lowest BCUT2D eigenvalue weighted by molar-refractivity contribution is 0.120. The van der Waals surface area contributed by atoms with Crippen molar-refractivity contribution in [2.24, 2.45) is 0 Å². The van der Waals surface area contributed by atoms with Gasteiger partial charge in [-0.3, -0.25) is 0 Å². The van der Waals surface area contributed by atoms with Gasteiger partial charge in [-0.15, -0.1) is 0 Å². The zero-order chi connectivity index (χ0) is 10.8. The predicted octanol–water partition coefficient (Wildman–Crippen LogP) is 2.14. The summed E-state index contributed by atoms with van der Waals surface area (Å²) in [6.45, 7) is 4.15. The molecule has 80 valence electrons. The molecule has 4 heteroatoms. The van der Waals surface area contributed by atoms with Crippen molar-refractivity contribution in [3.63, 3.8) is 0 Å². The molecule has 0 aromatic heterocycles. The predicted molar refractivity (Wildman–Crippen MR) is 58.0 cm³/mol. The zero-order valence-corrected chi connectivity index (χ0v) is 10.5. The van der Waals surface area contributed by atoms with Crippen LogP contribution in [0.25, 0.3) is 0 Å². The maximum atomic E-state index is 5.45. The molecule has 0 saturated heterocycles. The molecule has 0 radical (unpaired) electrons. The van der Waals surface area contributed by atoms with Crippen molar-refractivity contribution in [3.8, 4) is 0 Å². The van der Waals surface area contributed by atoms with Crippen molar-refractivity contribution < 1.29 is 13.3 Å². The quantitative estimate of drug-likeness (QED) is 0.671. The second-order valence-corrected chi connectivity index (χ2v) is 6.55. The Morgan fingerprint density at radius 2 is 1.57 bits per heavy atom. The van der Waals surface area contributed by atoms with E-state index in [1.807, 2.05) is 0 Å². The second kappa shape index (κ2) is 4.40. The third-order valence-corrected chi connectivity index (χ3v) is 5.70. The topological polar surface area (TPSA) is 27.7 Å². The van der Waals surface area contributed by atoms with Crippen LogP contribution in [-0.2, 0) is 13.3 Å². The Morgan fingerprint density at radius 3 is 1.86 bits per heavy atom. The van der Waals surface area contributed by atoms with Gasteiger partial charge in [-0.25, -0.2) is 0 Å². The molecule has 1 aliphatic rings. The molecule has 1 atom stereocenters. The van der Waals surface area contributed by atoms with Gasteiger partial charge in [0.15, 0.2) is 0 Å². The van der Waals surface area contributed by atoms with Crippen LogP contribution in [0.15, 0.2) is 23.3 Å². The van der Waals surface area contributed by atoms with E-state index in [1.165, 1.54) is 11.1 Å². The van der Waals surface area contributed by atoms with Crippen molar-refractivity contribution in [3.05, 3.63) is 23.3 Å². The third-order valence-electron chi connectivity index (χ3n) is 2.61. The SMILES string of the molecule is CO[Si](OC)(OC)C1C=C(C)C=C1C. The molecule has 3 nitrogen and oxygen atoms in total. The van der Waals surface area contributed by atoms with Gasteiger partial charge >= 0.3 is 8.80 Å². The van der Waals surface area contributed by atoms with E-state index in [0.717, 1.165) is 0 Å². The van der Waals surface area contributed by atoms with Crippen LogP contribution < -0.4 is 0 Å². The van der Waals surface area contributed by atoms with E-state index >= 15 is 0 Å². The van der Waals surface area contributed by atoms with Gasteiger partial charge < -0.3 is 13.3 Å². The van der Waals surface area contributed by atoms with E-state index in [2.05, 4.69) is 26.0 Å². The molecule has 0 bridgehead atoms. The first-order valence-electron chi connectivity index (χ1n) is 4.61. The number of rotatable bonds is 4. The largest absolute Gasteiger partial charge is 0.511 e. The summed E-state index contributed by atoms with van der Waals surface area (Å²) >= 11 is 0. The van der Waals surface area contributed by atoms with Crippen LogP contribution in [0.2, 0.25) is 5.54 Å². The minimum atomic E-state index is -2.53. The molecule has 0 spiro atoms. The molecule has 1 unspecified atom stereocenters. The maximum Gasteiger partial charge on any atom is 0.511 e. The second-order valence-electron chi connectivity index (χ2n) is 3.49. The average Bonchev–Trinajstić information content (AvgIpc) is 2.51. The summed E-state index contributed by atoms with van der Waals surface area (Å²) < 4.78 is 16.3. The normalized spacial score (nSPS) is 22.2. The van der Waals surface area contributed by atoms with Crippen molar-refractivity contribution in [1.82, 2.24) is 0 Å². The van der Waals surface area contributed by atoms with Gasteiger partial charge in [-0.05, 0) is 13.8 Å². The Balaban J connectivity index is 2.96. The fraction of sp³-hybridized carbons (Fsp3) is 0.600. The molecule has 14 heavy (non-hydrogen) atoms. The highest BCUT2D eigenvalue weighted by Crippen LogP contribution is 2.38. The lowest BCUT2D eigenvalue weighted by Gasteiger charge is -2.29. The van der Waals surface area contributed by atoms with E-state index in [0.29, 0.717) is 0 Å². The number of hydrogen-bond acceptors (Lipinski definition) is 3. The van der Waals surface area contributed by atoms with E-state index in [9.17, 15) is 0 Å². The van der Waals surface area contributed by atoms with Gasteiger partial charge in [0.25, 0.3) is 0 Å². The van der Waals surface area contributed by atoms with Crippen molar-refractivity contribution in [2.45, 2.75) is 19.4 Å². The smallest absolute Gasteiger partial charge is 0.376 e. The summed E-state index contributed by atoms with van der Waals surface area (Å²) in [6.07, 6.45) is 4.29. The number of allylic oxidation sites excluding steroid dienone is 4. The summed E-state index contributed by atoms with van der Waals surface area (Å²) in [4.78, 5) is 0. The fourth-order valence-corrected chi connectivity index (χ4v) is 4.27. The molecular weight excluding hydrogens is 196 g/mol. The first-order valence-corrected chi connectivity index (χ1v) is 6.42. The Bertz CT molecular complexity index is 258. The molecule has 0 aromatic rings. The first kappa shape index (κ1) is 11.7. The highest BCUT2D eigenvalue weighted by atomic mass is 28.4. The lowest BCUT2D eigenvalue weighted by Crippen LogP contribution is -2.47. The van der Waals surface area contributed by atoms with Gasteiger partial charge in [-0.2, -0.15) is 0 Å². The standard InChI is InChI=1S/C10H18O3Si/c1-8-6-9(2)10(7-8)14(11-3,12-4)13-5/h6-7,10H,1-5H3. The van der Waals surface area contributed by atoms with Crippen LogP contribution in [0.5, 0.6) is 0 Å². The van der Waals surface area contributed by atoms with Gasteiger partial charge in [0.05, 0.1) is 5.54 Å². The fourth-order valence-electron chi connectivity index (χ4n) is 1.90. The summed E-state index contributed by atoms with van der Waals surface area (Å²) in [5, 5.41) is 0. The van der Waals surface area contributed by atoms with Crippen molar-refractivity contribution in [2.75, 3.05) is 21.3 Å². The van der Waals surface area contributed by atoms with Crippen LogP contribution in [0, 0.1) is 0 Å². The summed E-state index contributed by atoms with van der Waals surface area (Å²) in [5.41, 5.74) is 2.66. The molecule has 1 aliphatic carbocycles. The first-order chi connectivity index (χ1) is 6.59. The molecule has 0 N–H and O–H groups in total. The molecule has 0 heterocycles. The van der Waals surface area contributed by atoms with Crippen molar-refractivity contribution in [1.29, 1.82) is 0 Å². The van der Waals surface area contributed by atoms with Gasteiger partial charge in [0.2, 0.25) is 0 Å². The number of hydrogen-bond donors (Lipinski definition) is 0. The zero-order valence-electron chi connectivity index (χ0n) is 9.46. The summed E-state index contributed by atoms with van der Waals surface area (Å²) in [5.74, 6) is 0. The van der Waals surface area contributed by atoms with Gasteiger partial charge in [0.1, 0.15) is 0 Å². The third kappa shape index (κ3) is 1.83.